The molecule has 90 valence electrons. The average molecular weight is 257 g/mol. The van der Waals surface area contributed by atoms with Crippen molar-refractivity contribution >= 4 is 16.5 Å². The zero-order valence-corrected chi connectivity index (χ0v) is 9.43. The monoisotopic (exact) mass is 257 g/mol. The van der Waals surface area contributed by atoms with Crippen LogP contribution in [0.1, 0.15) is 4.88 Å². The van der Waals surface area contributed by atoms with Crippen LogP contribution in [0.25, 0.3) is 0 Å². The maximum atomic E-state index is 12.9. The van der Waals surface area contributed by atoms with Crippen LogP contribution in [0.15, 0.2) is 24.4 Å². The summed E-state index contributed by atoms with van der Waals surface area (Å²) in [6.45, 7) is 0.227. The Labute approximate surface area is 100 Å². The topological polar surface area (TPSA) is 60.2 Å². The number of nitrogens with zero attached hydrogens (tertiary/aromatic N) is 1. The molecule has 0 unspecified atom stereocenters. The minimum absolute atomic E-state index is 0.227. The number of aromatic nitrogens is 1. The predicted molar refractivity (Wildman–Crippen MR) is 60.6 cm³/mol. The van der Waals surface area contributed by atoms with Crippen molar-refractivity contribution in [2.24, 2.45) is 5.84 Å². The van der Waals surface area contributed by atoms with Crippen molar-refractivity contribution in [1.82, 2.24) is 4.98 Å². The number of benzene rings is 1. The van der Waals surface area contributed by atoms with E-state index in [2.05, 4.69) is 10.4 Å². The summed E-state index contributed by atoms with van der Waals surface area (Å²) in [7, 11) is 0. The lowest BCUT2D eigenvalue weighted by molar-refractivity contribution is 0.306. The maximum Gasteiger partial charge on any atom is 0.197 e. The Morgan fingerprint density at radius 2 is 2.18 bits per heavy atom. The van der Waals surface area contributed by atoms with E-state index in [1.54, 1.807) is 6.20 Å². The third kappa shape index (κ3) is 2.89. The highest BCUT2D eigenvalue weighted by Gasteiger charge is 2.05. The number of ether oxygens (including phenoxy) is 1. The van der Waals surface area contributed by atoms with Gasteiger partial charge in [-0.15, -0.1) is 0 Å². The maximum absolute atomic E-state index is 12.9. The summed E-state index contributed by atoms with van der Waals surface area (Å²) in [4.78, 5) is 4.77. The number of thiazole rings is 1. The Morgan fingerprint density at radius 3 is 2.82 bits per heavy atom. The van der Waals surface area contributed by atoms with Crippen molar-refractivity contribution < 1.29 is 13.5 Å². The highest BCUT2D eigenvalue weighted by atomic mass is 32.1. The van der Waals surface area contributed by atoms with Gasteiger partial charge in [0.2, 0.25) is 0 Å². The minimum atomic E-state index is -0.934. The lowest BCUT2D eigenvalue weighted by Crippen LogP contribution is -2.05. The predicted octanol–water partition coefficient (Wildman–Crippen LogP) is 2.29. The van der Waals surface area contributed by atoms with E-state index < -0.39 is 11.6 Å². The van der Waals surface area contributed by atoms with Crippen LogP contribution in [0, 0.1) is 11.6 Å². The van der Waals surface area contributed by atoms with Gasteiger partial charge in [-0.05, 0) is 12.1 Å². The van der Waals surface area contributed by atoms with E-state index in [0.717, 1.165) is 17.0 Å². The SMILES string of the molecule is NNc1ncc(COc2ccc(F)c(F)c2)s1. The zero-order valence-electron chi connectivity index (χ0n) is 8.61. The Kier molecular flexibility index (Phi) is 3.50. The highest BCUT2D eigenvalue weighted by Crippen LogP contribution is 2.20. The van der Waals surface area contributed by atoms with Gasteiger partial charge in [0.1, 0.15) is 12.4 Å². The molecule has 1 heterocycles. The number of nitrogens with two attached hydrogens (primary N) is 1. The van der Waals surface area contributed by atoms with Gasteiger partial charge in [-0.1, -0.05) is 11.3 Å². The van der Waals surface area contributed by atoms with Crippen molar-refractivity contribution in [3.63, 3.8) is 0 Å². The third-order valence-electron chi connectivity index (χ3n) is 1.95. The fraction of sp³-hybridized carbons (Fsp3) is 0.100. The van der Waals surface area contributed by atoms with Crippen LogP contribution in [0.2, 0.25) is 0 Å². The first-order valence-electron chi connectivity index (χ1n) is 4.68. The van der Waals surface area contributed by atoms with Gasteiger partial charge < -0.3 is 4.74 Å². The summed E-state index contributed by atoms with van der Waals surface area (Å²) < 4.78 is 30.8. The molecule has 2 rings (SSSR count). The van der Waals surface area contributed by atoms with Crippen LogP contribution in [-0.2, 0) is 6.61 Å². The second kappa shape index (κ2) is 5.07. The molecule has 0 fully saturated rings. The number of hydrazine groups is 1. The summed E-state index contributed by atoms with van der Waals surface area (Å²) in [5.41, 5.74) is 2.40. The number of hydrogen-bond acceptors (Lipinski definition) is 5. The number of nitrogen functional groups attached to an aromatic ring is 1. The molecule has 17 heavy (non-hydrogen) atoms. The molecule has 7 heteroatoms. The van der Waals surface area contributed by atoms with E-state index in [1.807, 2.05) is 0 Å². The first-order chi connectivity index (χ1) is 8.19. The lowest BCUT2D eigenvalue weighted by atomic mass is 10.3. The Morgan fingerprint density at radius 1 is 1.35 bits per heavy atom. The van der Waals surface area contributed by atoms with Crippen molar-refractivity contribution in [2.75, 3.05) is 5.43 Å². The molecule has 1 aromatic heterocycles. The van der Waals surface area contributed by atoms with Crippen molar-refractivity contribution in [3.05, 3.63) is 40.9 Å². The molecule has 1 aromatic carbocycles. The van der Waals surface area contributed by atoms with E-state index in [1.165, 1.54) is 17.4 Å². The molecule has 0 bridgehead atoms. The highest BCUT2D eigenvalue weighted by molar-refractivity contribution is 7.15. The number of rotatable bonds is 4. The van der Waals surface area contributed by atoms with Crippen molar-refractivity contribution in [3.8, 4) is 5.75 Å². The molecule has 0 aliphatic rings. The number of halogens is 2. The first-order valence-corrected chi connectivity index (χ1v) is 5.50. The summed E-state index contributed by atoms with van der Waals surface area (Å²) in [5.74, 6) is 3.60. The number of nitrogens with one attached hydrogen (secondary N) is 1. The number of hydrogen-bond donors (Lipinski definition) is 2. The van der Waals surface area contributed by atoms with Crippen molar-refractivity contribution in [1.29, 1.82) is 0 Å². The summed E-state index contributed by atoms with van der Waals surface area (Å²) in [5, 5.41) is 0.564. The van der Waals surface area contributed by atoms with E-state index in [0.29, 0.717) is 5.13 Å². The largest absolute Gasteiger partial charge is 0.488 e. The minimum Gasteiger partial charge on any atom is -0.488 e. The number of anilines is 1. The van der Waals surface area contributed by atoms with Gasteiger partial charge in [0.05, 0.1) is 4.88 Å². The quantitative estimate of drug-likeness (QED) is 0.651. The summed E-state index contributed by atoms with van der Waals surface area (Å²) in [6.07, 6.45) is 1.60. The smallest absolute Gasteiger partial charge is 0.197 e. The molecule has 0 aliphatic carbocycles. The van der Waals surface area contributed by atoms with E-state index in [-0.39, 0.29) is 12.4 Å². The molecule has 0 radical (unpaired) electrons. The molecule has 0 saturated carbocycles. The summed E-state index contributed by atoms with van der Waals surface area (Å²) in [6, 6.07) is 3.38. The van der Waals surface area contributed by atoms with Crippen LogP contribution in [0.4, 0.5) is 13.9 Å². The lowest BCUT2D eigenvalue weighted by Gasteiger charge is -2.04. The Hall–Kier alpha value is -1.73. The molecule has 4 nitrogen and oxygen atoms in total. The molecule has 0 spiro atoms. The fourth-order valence-electron chi connectivity index (χ4n) is 1.16. The Balaban J connectivity index is 1.99. The molecule has 0 saturated heterocycles. The second-order valence-corrected chi connectivity index (χ2v) is 4.26. The van der Waals surface area contributed by atoms with Crippen LogP contribution >= 0.6 is 11.3 Å². The standard InChI is InChI=1S/C10H9F2N3OS/c11-8-2-1-6(3-9(8)12)16-5-7-4-14-10(15-13)17-7/h1-4H,5,13H2,(H,14,15). The molecule has 0 atom stereocenters. The van der Waals surface area contributed by atoms with Crippen LogP contribution in [0.5, 0.6) is 5.75 Å². The molecule has 0 aliphatic heterocycles. The zero-order chi connectivity index (χ0) is 12.3. The molecular formula is C10H9F2N3OS. The van der Waals surface area contributed by atoms with E-state index >= 15 is 0 Å². The van der Waals surface area contributed by atoms with Gasteiger partial charge >= 0.3 is 0 Å². The van der Waals surface area contributed by atoms with Gasteiger partial charge in [0.25, 0.3) is 0 Å². The van der Waals surface area contributed by atoms with Gasteiger partial charge in [0.15, 0.2) is 16.8 Å². The van der Waals surface area contributed by atoms with E-state index in [9.17, 15) is 8.78 Å². The Bertz CT molecular complexity index is 518. The third-order valence-corrected chi connectivity index (χ3v) is 2.85. The van der Waals surface area contributed by atoms with E-state index in [4.69, 9.17) is 10.6 Å². The van der Waals surface area contributed by atoms with Gasteiger partial charge in [-0.3, -0.25) is 5.43 Å². The van der Waals surface area contributed by atoms with Crippen LogP contribution < -0.4 is 16.0 Å². The van der Waals surface area contributed by atoms with Gasteiger partial charge in [-0.25, -0.2) is 19.6 Å². The average Bonchev–Trinajstić information content (AvgIpc) is 2.79. The molecule has 2 aromatic rings. The first kappa shape index (κ1) is 11.7. The second-order valence-electron chi connectivity index (χ2n) is 3.14. The van der Waals surface area contributed by atoms with Crippen LogP contribution in [0.3, 0.4) is 0 Å². The van der Waals surface area contributed by atoms with Gasteiger partial charge in [0, 0.05) is 12.3 Å². The van der Waals surface area contributed by atoms with Crippen LogP contribution in [-0.4, -0.2) is 4.98 Å². The fourth-order valence-corrected chi connectivity index (χ4v) is 1.80. The summed E-state index contributed by atoms with van der Waals surface area (Å²) >= 11 is 1.32. The van der Waals surface area contributed by atoms with Crippen molar-refractivity contribution in [2.45, 2.75) is 6.61 Å². The molecular weight excluding hydrogens is 248 g/mol. The molecule has 0 amide bonds. The normalized spacial score (nSPS) is 10.3. The molecule has 3 N–H and O–H groups in total. The van der Waals surface area contributed by atoms with Gasteiger partial charge in [-0.2, -0.15) is 0 Å².